The maximum Gasteiger partial charge on any atom is 0.315 e. The molecule has 2 rings (SSSR count). The van der Waals surface area contributed by atoms with E-state index in [2.05, 4.69) is 29.6 Å². The van der Waals surface area contributed by atoms with E-state index in [4.69, 9.17) is 4.74 Å². The average molecular weight is 330 g/mol. The Hall–Kier alpha value is -2.50. The van der Waals surface area contributed by atoms with Crippen LogP contribution >= 0.6 is 0 Å². The van der Waals surface area contributed by atoms with E-state index in [0.29, 0.717) is 19.1 Å². The van der Waals surface area contributed by atoms with Gasteiger partial charge in [-0.2, -0.15) is 5.10 Å². The summed E-state index contributed by atoms with van der Waals surface area (Å²) in [5.41, 5.74) is 1.98. The van der Waals surface area contributed by atoms with Crippen molar-refractivity contribution < 1.29 is 9.53 Å². The van der Waals surface area contributed by atoms with E-state index >= 15 is 0 Å². The SMILES string of the molecule is CC(C)COc1ccc([C@@H](C)NC(=O)NCc2ccnn2C)cc1. The summed E-state index contributed by atoms with van der Waals surface area (Å²) < 4.78 is 7.40. The average Bonchev–Trinajstić information content (AvgIpc) is 2.96. The van der Waals surface area contributed by atoms with Crippen molar-refractivity contribution in [3.63, 3.8) is 0 Å². The molecular weight excluding hydrogens is 304 g/mol. The van der Waals surface area contributed by atoms with E-state index in [0.717, 1.165) is 17.0 Å². The van der Waals surface area contributed by atoms with E-state index < -0.39 is 0 Å². The first-order chi connectivity index (χ1) is 11.5. The third kappa shape index (κ3) is 5.30. The summed E-state index contributed by atoms with van der Waals surface area (Å²) in [5, 5.41) is 9.83. The highest BCUT2D eigenvalue weighted by atomic mass is 16.5. The highest BCUT2D eigenvalue weighted by Crippen LogP contribution is 2.18. The molecule has 1 heterocycles. The fourth-order valence-corrected chi connectivity index (χ4v) is 2.19. The maximum absolute atomic E-state index is 12.0. The predicted octanol–water partition coefficient (Wildman–Crippen LogP) is 3.02. The zero-order valence-electron chi connectivity index (χ0n) is 14.7. The van der Waals surface area contributed by atoms with Gasteiger partial charge in [-0.1, -0.05) is 26.0 Å². The molecule has 2 amide bonds. The number of rotatable bonds is 7. The van der Waals surface area contributed by atoms with E-state index in [1.54, 1.807) is 10.9 Å². The van der Waals surface area contributed by atoms with Crippen LogP contribution in [0, 0.1) is 5.92 Å². The van der Waals surface area contributed by atoms with Gasteiger partial charge in [-0.3, -0.25) is 4.68 Å². The van der Waals surface area contributed by atoms with Crippen LogP contribution in [0.25, 0.3) is 0 Å². The monoisotopic (exact) mass is 330 g/mol. The van der Waals surface area contributed by atoms with Gasteiger partial charge in [-0.15, -0.1) is 0 Å². The minimum absolute atomic E-state index is 0.0873. The molecular formula is C18H26N4O2. The minimum atomic E-state index is -0.205. The van der Waals surface area contributed by atoms with Crippen LogP contribution in [-0.4, -0.2) is 22.4 Å². The molecule has 1 aromatic carbocycles. The number of hydrogen-bond acceptors (Lipinski definition) is 3. The summed E-state index contributed by atoms with van der Waals surface area (Å²) in [6.07, 6.45) is 1.71. The number of aryl methyl sites for hydroxylation is 1. The van der Waals surface area contributed by atoms with Crippen LogP contribution in [0.2, 0.25) is 0 Å². The van der Waals surface area contributed by atoms with Gasteiger partial charge in [0, 0.05) is 13.2 Å². The fraction of sp³-hybridized carbons (Fsp3) is 0.444. The molecule has 0 fully saturated rings. The number of carbonyl (C=O) groups excluding carboxylic acids is 1. The number of urea groups is 1. The predicted molar refractivity (Wildman–Crippen MR) is 93.8 cm³/mol. The third-order valence-electron chi connectivity index (χ3n) is 3.66. The molecule has 0 aliphatic rings. The molecule has 0 radical (unpaired) electrons. The largest absolute Gasteiger partial charge is 0.493 e. The lowest BCUT2D eigenvalue weighted by Gasteiger charge is -2.16. The zero-order chi connectivity index (χ0) is 17.5. The molecule has 1 atom stereocenters. The smallest absolute Gasteiger partial charge is 0.315 e. The summed E-state index contributed by atoms with van der Waals surface area (Å²) in [4.78, 5) is 12.0. The van der Waals surface area contributed by atoms with E-state index in [1.165, 1.54) is 0 Å². The normalized spacial score (nSPS) is 12.0. The lowest BCUT2D eigenvalue weighted by molar-refractivity contribution is 0.237. The second-order valence-corrected chi connectivity index (χ2v) is 6.27. The topological polar surface area (TPSA) is 68.2 Å². The van der Waals surface area contributed by atoms with Crippen molar-refractivity contribution in [1.82, 2.24) is 20.4 Å². The number of aromatic nitrogens is 2. The van der Waals surface area contributed by atoms with Gasteiger partial charge in [0.05, 0.1) is 24.9 Å². The van der Waals surface area contributed by atoms with Crippen LogP contribution in [0.4, 0.5) is 4.79 Å². The van der Waals surface area contributed by atoms with Gasteiger partial charge in [0.1, 0.15) is 5.75 Å². The van der Waals surface area contributed by atoms with E-state index in [1.807, 2.05) is 44.3 Å². The van der Waals surface area contributed by atoms with Gasteiger partial charge in [0.15, 0.2) is 0 Å². The lowest BCUT2D eigenvalue weighted by Crippen LogP contribution is -2.37. The molecule has 0 spiro atoms. The van der Waals surface area contributed by atoms with Crippen molar-refractivity contribution in [1.29, 1.82) is 0 Å². The Morgan fingerprint density at radius 3 is 2.50 bits per heavy atom. The van der Waals surface area contributed by atoms with Crippen LogP contribution in [0.3, 0.4) is 0 Å². The molecule has 0 aliphatic heterocycles. The van der Waals surface area contributed by atoms with Crippen molar-refractivity contribution in [3.05, 3.63) is 47.8 Å². The summed E-state index contributed by atoms with van der Waals surface area (Å²) in [6.45, 7) is 7.32. The summed E-state index contributed by atoms with van der Waals surface area (Å²) in [7, 11) is 1.85. The first kappa shape index (κ1) is 17.8. The molecule has 6 heteroatoms. The number of amides is 2. The Balaban J connectivity index is 1.81. The van der Waals surface area contributed by atoms with Crippen LogP contribution in [0.1, 0.15) is 38.1 Å². The number of nitrogens with zero attached hydrogens (tertiary/aromatic N) is 2. The van der Waals surface area contributed by atoms with E-state index in [-0.39, 0.29) is 12.1 Å². The molecule has 1 aromatic heterocycles. The first-order valence-corrected chi connectivity index (χ1v) is 8.19. The third-order valence-corrected chi connectivity index (χ3v) is 3.66. The first-order valence-electron chi connectivity index (χ1n) is 8.19. The Morgan fingerprint density at radius 2 is 1.92 bits per heavy atom. The fourth-order valence-electron chi connectivity index (χ4n) is 2.19. The van der Waals surface area contributed by atoms with Crippen LogP contribution in [0.15, 0.2) is 36.5 Å². The lowest BCUT2D eigenvalue weighted by atomic mass is 10.1. The van der Waals surface area contributed by atoms with Crippen LogP contribution < -0.4 is 15.4 Å². The zero-order valence-corrected chi connectivity index (χ0v) is 14.7. The molecule has 0 saturated heterocycles. The van der Waals surface area contributed by atoms with Crippen LogP contribution in [0.5, 0.6) is 5.75 Å². The number of nitrogens with one attached hydrogen (secondary N) is 2. The molecule has 6 nitrogen and oxygen atoms in total. The van der Waals surface area contributed by atoms with Gasteiger partial charge < -0.3 is 15.4 Å². The Morgan fingerprint density at radius 1 is 1.21 bits per heavy atom. The summed E-state index contributed by atoms with van der Waals surface area (Å²) in [6, 6.07) is 9.40. The second kappa shape index (κ2) is 8.38. The number of benzene rings is 1. The van der Waals surface area contributed by atoms with Crippen molar-refractivity contribution in [2.45, 2.75) is 33.4 Å². The molecule has 0 saturated carbocycles. The van der Waals surface area contributed by atoms with Crippen molar-refractivity contribution >= 4 is 6.03 Å². The molecule has 130 valence electrons. The highest BCUT2D eigenvalue weighted by molar-refractivity contribution is 5.74. The maximum atomic E-state index is 12.0. The Bertz CT molecular complexity index is 649. The molecule has 24 heavy (non-hydrogen) atoms. The number of ether oxygens (including phenoxy) is 1. The van der Waals surface area contributed by atoms with Gasteiger partial charge >= 0.3 is 6.03 Å². The number of hydrogen-bond donors (Lipinski definition) is 2. The quantitative estimate of drug-likeness (QED) is 0.820. The van der Waals surface area contributed by atoms with Gasteiger partial charge in [-0.25, -0.2) is 4.79 Å². The molecule has 0 bridgehead atoms. The molecule has 0 unspecified atom stereocenters. The molecule has 2 aromatic rings. The Kier molecular flexibility index (Phi) is 6.23. The van der Waals surface area contributed by atoms with E-state index in [9.17, 15) is 4.79 Å². The standard InChI is InChI=1S/C18H26N4O2/c1-13(2)12-24-17-7-5-15(6-8-17)14(3)21-18(23)19-11-16-9-10-20-22(16)4/h5-10,13-14H,11-12H2,1-4H3,(H2,19,21,23)/t14-/m1/s1. The summed E-state index contributed by atoms with van der Waals surface area (Å²) >= 11 is 0. The summed E-state index contributed by atoms with van der Waals surface area (Å²) in [5.74, 6) is 1.34. The second-order valence-electron chi connectivity index (χ2n) is 6.27. The number of carbonyl (C=O) groups is 1. The minimum Gasteiger partial charge on any atom is -0.493 e. The Labute approximate surface area is 143 Å². The highest BCUT2D eigenvalue weighted by Gasteiger charge is 2.10. The molecule has 2 N–H and O–H groups in total. The molecule has 0 aliphatic carbocycles. The van der Waals surface area contributed by atoms with Crippen LogP contribution in [-0.2, 0) is 13.6 Å². The van der Waals surface area contributed by atoms with Gasteiger partial charge in [0.2, 0.25) is 0 Å². The van der Waals surface area contributed by atoms with Gasteiger partial charge in [-0.05, 0) is 36.6 Å². The van der Waals surface area contributed by atoms with Gasteiger partial charge in [0.25, 0.3) is 0 Å². The van der Waals surface area contributed by atoms with Crippen molar-refractivity contribution in [3.8, 4) is 5.75 Å². The van der Waals surface area contributed by atoms with Crippen molar-refractivity contribution in [2.24, 2.45) is 13.0 Å². The van der Waals surface area contributed by atoms with Crippen molar-refractivity contribution in [2.75, 3.05) is 6.61 Å².